The van der Waals surface area contributed by atoms with Gasteiger partial charge in [0, 0.05) is 12.1 Å². The van der Waals surface area contributed by atoms with Crippen LogP contribution < -0.4 is 16.4 Å². The minimum atomic E-state index is -1.02. The van der Waals surface area contributed by atoms with Gasteiger partial charge in [0.05, 0.1) is 0 Å². The van der Waals surface area contributed by atoms with Gasteiger partial charge < -0.3 is 21.5 Å². The number of carbonyl (C=O) groups is 2. The number of hydrogen-bond acceptors (Lipinski definition) is 3. The number of aliphatic carboxylic acids is 1. The number of carboxylic acids is 1. The van der Waals surface area contributed by atoms with Crippen molar-refractivity contribution in [2.45, 2.75) is 57.7 Å². The highest BCUT2D eigenvalue weighted by Crippen LogP contribution is 2.16. The van der Waals surface area contributed by atoms with E-state index >= 15 is 0 Å². The van der Waals surface area contributed by atoms with Crippen molar-refractivity contribution in [1.82, 2.24) is 10.6 Å². The van der Waals surface area contributed by atoms with E-state index in [0.29, 0.717) is 0 Å². The number of urea groups is 1. The fraction of sp³-hybridized carbons (Fsp3) is 0.833. The molecule has 2 amide bonds. The van der Waals surface area contributed by atoms with Crippen LogP contribution in [0, 0.1) is 5.92 Å². The van der Waals surface area contributed by atoms with Gasteiger partial charge in [0.25, 0.3) is 0 Å². The third-order valence-electron chi connectivity index (χ3n) is 3.36. The van der Waals surface area contributed by atoms with E-state index in [1.54, 1.807) is 13.8 Å². The van der Waals surface area contributed by atoms with Gasteiger partial charge in [0.15, 0.2) is 0 Å². The number of rotatable bonds is 4. The van der Waals surface area contributed by atoms with Crippen molar-refractivity contribution in [3.05, 3.63) is 0 Å². The summed E-state index contributed by atoms with van der Waals surface area (Å²) in [4.78, 5) is 22.7. The van der Waals surface area contributed by atoms with Gasteiger partial charge in [0.1, 0.15) is 6.04 Å². The second-order valence-electron chi connectivity index (χ2n) is 5.23. The van der Waals surface area contributed by atoms with E-state index in [1.807, 2.05) is 0 Å². The number of hydrogen-bond donors (Lipinski definition) is 4. The molecule has 1 rings (SSSR count). The summed E-state index contributed by atoms with van der Waals surface area (Å²) >= 11 is 0. The number of nitrogens with one attached hydrogen (secondary N) is 2. The van der Waals surface area contributed by atoms with Crippen molar-refractivity contribution in [1.29, 1.82) is 0 Å². The Labute approximate surface area is 107 Å². The zero-order valence-electron chi connectivity index (χ0n) is 11.0. The molecule has 1 saturated carbocycles. The van der Waals surface area contributed by atoms with Crippen molar-refractivity contribution in [2.24, 2.45) is 11.7 Å². The second-order valence-corrected chi connectivity index (χ2v) is 5.23. The Kier molecular flexibility index (Phi) is 5.40. The topological polar surface area (TPSA) is 104 Å². The molecule has 0 radical (unpaired) electrons. The van der Waals surface area contributed by atoms with Crippen molar-refractivity contribution in [3.8, 4) is 0 Å². The maximum Gasteiger partial charge on any atom is 0.326 e. The summed E-state index contributed by atoms with van der Waals surface area (Å²) in [6, 6.07) is -1.41. The monoisotopic (exact) mass is 257 g/mol. The molecule has 0 bridgehead atoms. The van der Waals surface area contributed by atoms with Gasteiger partial charge in [-0.3, -0.25) is 0 Å². The Morgan fingerprint density at radius 1 is 1.28 bits per heavy atom. The predicted octanol–water partition coefficient (Wildman–Crippen LogP) is 0.665. The lowest BCUT2D eigenvalue weighted by Gasteiger charge is -2.30. The van der Waals surface area contributed by atoms with Crippen molar-refractivity contribution in [3.63, 3.8) is 0 Å². The number of nitrogens with two attached hydrogens (primary N) is 1. The van der Waals surface area contributed by atoms with E-state index in [2.05, 4.69) is 10.6 Å². The predicted molar refractivity (Wildman–Crippen MR) is 68.2 cm³/mol. The van der Waals surface area contributed by atoms with E-state index in [4.69, 9.17) is 10.8 Å². The maximum absolute atomic E-state index is 11.7. The number of carbonyl (C=O) groups excluding carboxylic acids is 1. The minimum Gasteiger partial charge on any atom is -0.480 e. The Bertz CT molecular complexity index is 307. The average Bonchev–Trinajstić information content (AvgIpc) is 2.28. The van der Waals surface area contributed by atoms with Crippen LogP contribution in [-0.2, 0) is 4.79 Å². The Hall–Kier alpha value is -1.30. The van der Waals surface area contributed by atoms with Crippen molar-refractivity contribution >= 4 is 12.0 Å². The minimum absolute atomic E-state index is 0.0353. The van der Waals surface area contributed by atoms with Crippen LogP contribution in [0.3, 0.4) is 0 Å². The quantitative estimate of drug-likeness (QED) is 0.594. The molecule has 5 N–H and O–H groups in total. The van der Waals surface area contributed by atoms with Gasteiger partial charge in [-0.05, 0) is 18.8 Å². The summed E-state index contributed by atoms with van der Waals surface area (Å²) in [6.45, 7) is 3.51. The lowest BCUT2D eigenvalue weighted by atomic mass is 9.91. The molecule has 0 aromatic rings. The lowest BCUT2D eigenvalue weighted by Crippen LogP contribution is -2.55. The molecule has 0 heterocycles. The van der Waals surface area contributed by atoms with Crippen LogP contribution in [0.25, 0.3) is 0 Å². The summed E-state index contributed by atoms with van der Waals surface area (Å²) < 4.78 is 0. The van der Waals surface area contributed by atoms with Crippen LogP contribution in [-0.4, -0.2) is 35.2 Å². The molecule has 6 heteroatoms. The van der Waals surface area contributed by atoms with Crippen molar-refractivity contribution in [2.75, 3.05) is 0 Å². The van der Waals surface area contributed by atoms with E-state index in [9.17, 15) is 9.59 Å². The van der Waals surface area contributed by atoms with Crippen LogP contribution >= 0.6 is 0 Å². The molecule has 1 aliphatic rings. The standard InChI is InChI=1S/C12H23N3O3/c1-7(2)10(11(16)17)15-12(18)14-9-6-4-3-5-8(9)13/h7-10H,3-6,13H2,1-2H3,(H,16,17)(H2,14,15,18). The maximum atomic E-state index is 11.7. The summed E-state index contributed by atoms with van der Waals surface area (Å²) in [5.41, 5.74) is 5.92. The van der Waals surface area contributed by atoms with Gasteiger partial charge in [-0.2, -0.15) is 0 Å². The first-order chi connectivity index (χ1) is 8.41. The number of carboxylic acid groups (broad SMARTS) is 1. The van der Waals surface area contributed by atoms with E-state index in [1.165, 1.54) is 0 Å². The molecule has 3 atom stereocenters. The third kappa shape index (κ3) is 4.18. The zero-order valence-corrected chi connectivity index (χ0v) is 11.0. The molecule has 1 fully saturated rings. The molecule has 18 heavy (non-hydrogen) atoms. The fourth-order valence-electron chi connectivity index (χ4n) is 2.20. The van der Waals surface area contributed by atoms with Crippen LogP contribution in [0.2, 0.25) is 0 Å². The molecule has 104 valence electrons. The molecule has 0 saturated heterocycles. The summed E-state index contributed by atoms with van der Waals surface area (Å²) in [5.74, 6) is -1.18. The lowest BCUT2D eigenvalue weighted by molar-refractivity contribution is -0.140. The van der Waals surface area contributed by atoms with Gasteiger partial charge in [-0.15, -0.1) is 0 Å². The smallest absolute Gasteiger partial charge is 0.326 e. The Morgan fingerprint density at radius 2 is 1.89 bits per heavy atom. The first-order valence-corrected chi connectivity index (χ1v) is 6.47. The summed E-state index contributed by atoms with van der Waals surface area (Å²) in [7, 11) is 0. The normalized spacial score (nSPS) is 25.6. The zero-order chi connectivity index (χ0) is 13.7. The number of amides is 2. The van der Waals surface area contributed by atoms with Crippen molar-refractivity contribution < 1.29 is 14.7 Å². The van der Waals surface area contributed by atoms with E-state index in [-0.39, 0.29) is 18.0 Å². The molecular formula is C12H23N3O3. The van der Waals surface area contributed by atoms with E-state index in [0.717, 1.165) is 25.7 Å². The molecule has 3 unspecified atom stereocenters. The Morgan fingerprint density at radius 3 is 2.39 bits per heavy atom. The first kappa shape index (κ1) is 14.8. The first-order valence-electron chi connectivity index (χ1n) is 6.47. The summed E-state index contributed by atoms with van der Waals surface area (Å²) in [6.07, 6.45) is 3.89. The average molecular weight is 257 g/mol. The molecule has 0 aromatic heterocycles. The largest absolute Gasteiger partial charge is 0.480 e. The second kappa shape index (κ2) is 6.58. The highest BCUT2D eigenvalue weighted by molar-refractivity contribution is 5.82. The molecule has 0 spiro atoms. The van der Waals surface area contributed by atoms with Gasteiger partial charge in [0.2, 0.25) is 0 Å². The summed E-state index contributed by atoms with van der Waals surface area (Å²) in [5, 5.41) is 14.2. The highest BCUT2D eigenvalue weighted by Gasteiger charge is 2.27. The van der Waals surface area contributed by atoms with Gasteiger partial charge in [-0.25, -0.2) is 9.59 Å². The van der Waals surface area contributed by atoms with Crippen LogP contribution in [0.1, 0.15) is 39.5 Å². The van der Waals surface area contributed by atoms with Crippen LogP contribution in [0.4, 0.5) is 4.79 Å². The SMILES string of the molecule is CC(C)C(NC(=O)NC1CCCCC1N)C(=O)O. The molecule has 1 aliphatic carbocycles. The van der Waals surface area contributed by atoms with Gasteiger partial charge >= 0.3 is 12.0 Å². The van der Waals surface area contributed by atoms with Crippen LogP contribution in [0.15, 0.2) is 0 Å². The molecule has 0 aromatic carbocycles. The van der Waals surface area contributed by atoms with E-state index < -0.39 is 18.0 Å². The third-order valence-corrected chi connectivity index (χ3v) is 3.36. The Balaban J connectivity index is 2.47. The van der Waals surface area contributed by atoms with Gasteiger partial charge in [-0.1, -0.05) is 26.7 Å². The molecule has 0 aliphatic heterocycles. The molecule has 6 nitrogen and oxygen atoms in total. The highest BCUT2D eigenvalue weighted by atomic mass is 16.4. The van der Waals surface area contributed by atoms with Crippen LogP contribution in [0.5, 0.6) is 0 Å². The fourth-order valence-corrected chi connectivity index (χ4v) is 2.20. The molecular weight excluding hydrogens is 234 g/mol.